The molecule has 0 radical (unpaired) electrons. The van der Waals surface area contributed by atoms with Crippen LogP contribution in [0.2, 0.25) is 0 Å². The van der Waals surface area contributed by atoms with Gasteiger partial charge in [-0.1, -0.05) is 24.3 Å². The first-order valence-electron chi connectivity index (χ1n) is 11.4. The summed E-state index contributed by atoms with van der Waals surface area (Å²) in [7, 11) is 6.40. The van der Waals surface area contributed by atoms with Crippen LogP contribution in [0.15, 0.2) is 35.1 Å². The largest absolute Gasteiger partial charge is 0.493 e. The standard InChI is InChI=1S/C25H32N4O5/c1-28(14-16-6-5-7-17(12-16)15-29-10-8-18(30)9-11-29)25-26-19-13-20(32-2)22(33-3)23(34-4)21(19)24(31)27-25/h5-7,12-13,18,30H,8-11,14-15H2,1-4H3,(H,26,27,31). The van der Waals surface area contributed by atoms with E-state index < -0.39 is 0 Å². The van der Waals surface area contributed by atoms with E-state index in [0.717, 1.165) is 38.0 Å². The summed E-state index contributed by atoms with van der Waals surface area (Å²) in [4.78, 5) is 24.8. The lowest BCUT2D eigenvalue weighted by molar-refractivity contribution is 0.0792. The normalized spacial score (nSPS) is 14.9. The number of aliphatic hydroxyl groups is 1. The van der Waals surface area contributed by atoms with Gasteiger partial charge in [0.05, 0.1) is 33.0 Å². The summed E-state index contributed by atoms with van der Waals surface area (Å²) in [5.41, 5.74) is 2.49. The number of nitrogens with one attached hydrogen (secondary N) is 1. The minimum Gasteiger partial charge on any atom is -0.493 e. The number of anilines is 1. The predicted molar refractivity (Wildman–Crippen MR) is 131 cm³/mol. The van der Waals surface area contributed by atoms with Gasteiger partial charge in [0.15, 0.2) is 11.5 Å². The highest BCUT2D eigenvalue weighted by Gasteiger charge is 2.21. The van der Waals surface area contributed by atoms with E-state index in [1.807, 2.05) is 11.9 Å². The molecule has 0 atom stereocenters. The number of methoxy groups -OCH3 is 3. The number of aromatic amines is 1. The zero-order valence-corrected chi connectivity index (χ0v) is 20.1. The van der Waals surface area contributed by atoms with Crippen LogP contribution in [0.25, 0.3) is 10.9 Å². The summed E-state index contributed by atoms with van der Waals surface area (Å²) >= 11 is 0. The van der Waals surface area contributed by atoms with Gasteiger partial charge in [-0.15, -0.1) is 0 Å². The molecular weight excluding hydrogens is 436 g/mol. The molecule has 9 heteroatoms. The van der Waals surface area contributed by atoms with Gasteiger partial charge in [-0.2, -0.15) is 0 Å². The Bertz CT molecular complexity index is 1200. The molecule has 2 aromatic carbocycles. The van der Waals surface area contributed by atoms with Crippen LogP contribution in [-0.2, 0) is 13.1 Å². The lowest BCUT2D eigenvalue weighted by Gasteiger charge is -2.29. The predicted octanol–water partition coefficient (Wildman–Crippen LogP) is 2.54. The fraction of sp³-hybridized carbons (Fsp3) is 0.440. The monoisotopic (exact) mass is 468 g/mol. The number of hydrogen-bond acceptors (Lipinski definition) is 8. The molecule has 0 bridgehead atoms. The van der Waals surface area contributed by atoms with Gasteiger partial charge in [-0.25, -0.2) is 4.98 Å². The van der Waals surface area contributed by atoms with E-state index >= 15 is 0 Å². The topological polar surface area (TPSA) is 100 Å². The molecule has 4 rings (SSSR count). The number of H-pyrrole nitrogens is 1. The number of likely N-dealkylation sites (tertiary alicyclic amines) is 1. The van der Waals surface area contributed by atoms with Crippen molar-refractivity contribution in [1.29, 1.82) is 0 Å². The van der Waals surface area contributed by atoms with Gasteiger partial charge in [0.2, 0.25) is 11.7 Å². The third-order valence-corrected chi connectivity index (χ3v) is 6.22. The molecule has 0 amide bonds. The molecule has 2 N–H and O–H groups in total. The van der Waals surface area contributed by atoms with Crippen molar-refractivity contribution in [2.45, 2.75) is 32.0 Å². The van der Waals surface area contributed by atoms with Crippen molar-refractivity contribution in [1.82, 2.24) is 14.9 Å². The fourth-order valence-corrected chi connectivity index (χ4v) is 4.45. The smallest absolute Gasteiger partial charge is 0.264 e. The van der Waals surface area contributed by atoms with E-state index in [-0.39, 0.29) is 17.4 Å². The van der Waals surface area contributed by atoms with Crippen LogP contribution in [0.3, 0.4) is 0 Å². The number of ether oxygens (including phenoxy) is 3. The molecule has 1 aliphatic rings. The second-order valence-corrected chi connectivity index (χ2v) is 8.61. The number of piperidine rings is 1. The maximum atomic E-state index is 13.0. The third-order valence-electron chi connectivity index (χ3n) is 6.22. The zero-order chi connectivity index (χ0) is 24.2. The van der Waals surface area contributed by atoms with Crippen molar-refractivity contribution < 1.29 is 19.3 Å². The van der Waals surface area contributed by atoms with Gasteiger partial charge < -0.3 is 24.2 Å². The summed E-state index contributed by atoms with van der Waals surface area (Å²) in [5, 5.41) is 10.0. The average molecular weight is 469 g/mol. The van der Waals surface area contributed by atoms with Gasteiger partial charge in [0, 0.05) is 39.3 Å². The Morgan fingerprint density at radius 3 is 2.47 bits per heavy atom. The maximum absolute atomic E-state index is 13.0. The van der Waals surface area contributed by atoms with E-state index in [9.17, 15) is 9.90 Å². The van der Waals surface area contributed by atoms with Crippen molar-refractivity contribution in [2.75, 3.05) is 46.4 Å². The summed E-state index contributed by atoms with van der Waals surface area (Å²) in [6.45, 7) is 3.25. The van der Waals surface area contributed by atoms with Gasteiger partial charge >= 0.3 is 0 Å². The first kappa shape index (κ1) is 23.8. The van der Waals surface area contributed by atoms with E-state index in [1.165, 1.54) is 26.9 Å². The Morgan fingerprint density at radius 2 is 1.79 bits per heavy atom. The highest BCUT2D eigenvalue weighted by molar-refractivity contribution is 5.90. The molecular formula is C25H32N4O5. The van der Waals surface area contributed by atoms with Crippen LogP contribution in [0.5, 0.6) is 17.2 Å². The van der Waals surface area contributed by atoms with Crippen LogP contribution in [0.1, 0.15) is 24.0 Å². The van der Waals surface area contributed by atoms with Crippen LogP contribution >= 0.6 is 0 Å². The van der Waals surface area contributed by atoms with Crippen molar-refractivity contribution >= 4 is 16.9 Å². The third kappa shape index (κ3) is 4.95. The molecule has 182 valence electrons. The molecule has 9 nitrogen and oxygen atoms in total. The average Bonchev–Trinajstić information content (AvgIpc) is 2.84. The van der Waals surface area contributed by atoms with Crippen LogP contribution in [0.4, 0.5) is 5.95 Å². The van der Waals surface area contributed by atoms with E-state index in [0.29, 0.717) is 34.9 Å². The number of benzene rings is 2. The van der Waals surface area contributed by atoms with Crippen molar-refractivity contribution in [3.05, 3.63) is 51.8 Å². The lowest BCUT2D eigenvalue weighted by atomic mass is 10.1. The number of aromatic nitrogens is 2. The number of fused-ring (bicyclic) bond motifs is 1. The number of hydrogen-bond donors (Lipinski definition) is 2. The molecule has 1 fully saturated rings. The Hall–Kier alpha value is -3.30. The molecule has 1 aliphatic heterocycles. The van der Waals surface area contributed by atoms with Crippen molar-refractivity contribution in [3.8, 4) is 17.2 Å². The molecule has 0 saturated carbocycles. The van der Waals surface area contributed by atoms with E-state index in [4.69, 9.17) is 14.2 Å². The van der Waals surface area contributed by atoms with Crippen LogP contribution < -0.4 is 24.7 Å². The van der Waals surface area contributed by atoms with Gasteiger partial charge in [-0.05, 0) is 24.0 Å². The molecule has 3 aromatic rings. The highest BCUT2D eigenvalue weighted by atomic mass is 16.5. The molecule has 34 heavy (non-hydrogen) atoms. The molecule has 0 spiro atoms. The summed E-state index contributed by atoms with van der Waals surface area (Å²) in [5.74, 6) is 1.53. The number of rotatable bonds is 8. The quantitative estimate of drug-likeness (QED) is 0.520. The summed E-state index contributed by atoms with van der Waals surface area (Å²) in [6.07, 6.45) is 1.48. The van der Waals surface area contributed by atoms with Crippen LogP contribution in [-0.4, -0.2) is 67.5 Å². The summed E-state index contributed by atoms with van der Waals surface area (Å²) < 4.78 is 16.3. The number of nitrogens with zero attached hydrogens (tertiary/aromatic N) is 3. The van der Waals surface area contributed by atoms with E-state index in [2.05, 4.69) is 39.1 Å². The highest BCUT2D eigenvalue weighted by Crippen LogP contribution is 2.41. The lowest BCUT2D eigenvalue weighted by Crippen LogP contribution is -2.35. The van der Waals surface area contributed by atoms with Crippen molar-refractivity contribution in [3.63, 3.8) is 0 Å². The van der Waals surface area contributed by atoms with Crippen LogP contribution in [0, 0.1) is 0 Å². The van der Waals surface area contributed by atoms with Crippen molar-refractivity contribution in [2.24, 2.45) is 0 Å². The number of aliphatic hydroxyl groups excluding tert-OH is 1. The molecule has 1 saturated heterocycles. The molecule has 2 heterocycles. The fourth-order valence-electron chi connectivity index (χ4n) is 4.45. The minimum atomic E-state index is -0.314. The minimum absolute atomic E-state index is 0.172. The Labute approximate surface area is 198 Å². The first-order valence-corrected chi connectivity index (χ1v) is 11.4. The first-order chi connectivity index (χ1) is 16.4. The zero-order valence-electron chi connectivity index (χ0n) is 20.1. The molecule has 1 aromatic heterocycles. The summed E-state index contributed by atoms with van der Waals surface area (Å²) in [6, 6.07) is 10.1. The Balaban J connectivity index is 1.57. The molecule has 0 unspecified atom stereocenters. The van der Waals surface area contributed by atoms with E-state index in [1.54, 1.807) is 6.07 Å². The Kier molecular flexibility index (Phi) is 7.23. The SMILES string of the molecule is COc1cc2nc(N(C)Cc3cccc(CN4CCC(O)CC4)c3)[nH]c(=O)c2c(OC)c1OC. The van der Waals surface area contributed by atoms with Gasteiger partial charge in [0.1, 0.15) is 5.39 Å². The van der Waals surface area contributed by atoms with Gasteiger partial charge in [0.25, 0.3) is 5.56 Å². The maximum Gasteiger partial charge on any atom is 0.264 e. The van der Waals surface area contributed by atoms with Gasteiger partial charge in [-0.3, -0.25) is 14.7 Å². The second kappa shape index (κ2) is 10.3. The second-order valence-electron chi connectivity index (χ2n) is 8.61. The Morgan fingerprint density at radius 1 is 1.09 bits per heavy atom. The molecule has 0 aliphatic carbocycles.